The molecule has 2 aliphatic rings. The van der Waals surface area contributed by atoms with E-state index >= 15 is 0 Å². The summed E-state index contributed by atoms with van der Waals surface area (Å²) in [6.45, 7) is 1.74. The molecule has 5 rings (SSSR count). The quantitative estimate of drug-likeness (QED) is 0.696. The third-order valence-electron chi connectivity index (χ3n) is 5.36. The van der Waals surface area contributed by atoms with Crippen LogP contribution in [0.4, 0.5) is 0 Å². The second kappa shape index (κ2) is 7.03. The summed E-state index contributed by atoms with van der Waals surface area (Å²) in [6, 6.07) is 17.7. The van der Waals surface area contributed by atoms with Crippen LogP contribution in [0.1, 0.15) is 23.6 Å². The van der Waals surface area contributed by atoms with Gasteiger partial charge in [-0.3, -0.25) is 4.79 Å². The largest absolute Gasteiger partial charge is 0.454 e. The molecule has 1 unspecified atom stereocenters. The Morgan fingerprint density at radius 2 is 1.93 bits per heavy atom. The molecule has 0 spiro atoms. The lowest BCUT2D eigenvalue weighted by atomic mass is 9.98. The normalized spacial score (nSPS) is 17.9. The third kappa shape index (κ3) is 3.22. The van der Waals surface area contributed by atoms with E-state index in [4.69, 9.17) is 14.0 Å². The number of likely N-dealkylation sites (tertiary alicyclic amines) is 1. The Hall–Kier alpha value is -3.28. The molecule has 0 aliphatic carbocycles. The van der Waals surface area contributed by atoms with Crippen LogP contribution in [-0.2, 0) is 11.2 Å². The number of carbonyl (C=O) groups excluding carboxylic acids is 1. The number of aromatic nitrogens is 1. The highest BCUT2D eigenvalue weighted by Crippen LogP contribution is 2.37. The molecule has 0 saturated carbocycles. The van der Waals surface area contributed by atoms with Crippen LogP contribution in [-0.4, -0.2) is 35.8 Å². The van der Waals surface area contributed by atoms with Crippen molar-refractivity contribution in [2.45, 2.75) is 18.8 Å². The van der Waals surface area contributed by atoms with Crippen molar-refractivity contribution in [3.63, 3.8) is 0 Å². The van der Waals surface area contributed by atoms with Crippen molar-refractivity contribution >= 4 is 5.91 Å². The summed E-state index contributed by atoms with van der Waals surface area (Å²) in [5.41, 5.74) is 2.81. The van der Waals surface area contributed by atoms with Gasteiger partial charge in [-0.1, -0.05) is 41.6 Å². The van der Waals surface area contributed by atoms with Crippen LogP contribution in [0.5, 0.6) is 11.5 Å². The van der Waals surface area contributed by atoms with E-state index < -0.39 is 0 Å². The van der Waals surface area contributed by atoms with Gasteiger partial charge in [0.15, 0.2) is 17.3 Å². The molecule has 28 heavy (non-hydrogen) atoms. The molecule has 0 bridgehead atoms. The topological polar surface area (TPSA) is 64.8 Å². The van der Waals surface area contributed by atoms with E-state index in [0.29, 0.717) is 23.9 Å². The lowest BCUT2D eigenvalue weighted by Gasteiger charge is -2.16. The summed E-state index contributed by atoms with van der Waals surface area (Å²) >= 11 is 0. The summed E-state index contributed by atoms with van der Waals surface area (Å²) in [5.74, 6) is 2.66. The summed E-state index contributed by atoms with van der Waals surface area (Å²) in [4.78, 5) is 14.6. The van der Waals surface area contributed by atoms with E-state index in [2.05, 4.69) is 11.2 Å². The highest BCUT2D eigenvalue weighted by molar-refractivity contribution is 5.79. The van der Waals surface area contributed by atoms with Gasteiger partial charge in [0.1, 0.15) is 0 Å². The molecule has 3 aromatic rings. The minimum atomic E-state index is 0.0798. The van der Waals surface area contributed by atoms with Crippen LogP contribution in [0.15, 0.2) is 59.1 Å². The number of rotatable bonds is 4. The van der Waals surface area contributed by atoms with Crippen LogP contribution in [0.2, 0.25) is 0 Å². The van der Waals surface area contributed by atoms with Gasteiger partial charge in [-0.25, -0.2) is 0 Å². The van der Waals surface area contributed by atoms with E-state index in [1.165, 1.54) is 5.56 Å². The van der Waals surface area contributed by atoms with Crippen molar-refractivity contribution in [3.05, 3.63) is 65.9 Å². The Morgan fingerprint density at radius 1 is 1.07 bits per heavy atom. The molecule has 2 aliphatic heterocycles. The third-order valence-corrected chi connectivity index (χ3v) is 5.36. The average Bonchev–Trinajstić information content (AvgIpc) is 3.48. The molecule has 6 heteroatoms. The number of hydrogen-bond acceptors (Lipinski definition) is 5. The first-order valence-corrected chi connectivity index (χ1v) is 9.44. The number of hydrogen-bond donors (Lipinski definition) is 0. The molecule has 1 fully saturated rings. The average molecular weight is 376 g/mol. The maximum Gasteiger partial charge on any atom is 0.231 e. The van der Waals surface area contributed by atoms with E-state index in [-0.39, 0.29) is 19.1 Å². The maximum absolute atomic E-state index is 12.7. The molecule has 1 saturated heterocycles. The first-order valence-electron chi connectivity index (χ1n) is 9.44. The van der Waals surface area contributed by atoms with Crippen LogP contribution >= 0.6 is 0 Å². The SMILES string of the molecule is O=C(Cc1cc(-c2ccccc2)on1)N1CCC(c2ccc3c(c2)OCO3)C1. The smallest absolute Gasteiger partial charge is 0.231 e. The molecule has 0 N–H and O–H groups in total. The van der Waals surface area contributed by atoms with Gasteiger partial charge < -0.3 is 18.9 Å². The van der Waals surface area contributed by atoms with Crippen molar-refractivity contribution in [2.75, 3.05) is 19.9 Å². The summed E-state index contributed by atoms with van der Waals surface area (Å²) in [5, 5.41) is 4.07. The van der Waals surface area contributed by atoms with Gasteiger partial charge in [0.25, 0.3) is 0 Å². The van der Waals surface area contributed by atoms with Crippen LogP contribution in [0.3, 0.4) is 0 Å². The zero-order chi connectivity index (χ0) is 18.9. The Balaban J connectivity index is 1.23. The maximum atomic E-state index is 12.7. The summed E-state index contributed by atoms with van der Waals surface area (Å²) < 4.78 is 16.2. The Labute approximate surface area is 162 Å². The van der Waals surface area contributed by atoms with E-state index in [0.717, 1.165) is 30.0 Å². The first-order chi connectivity index (χ1) is 13.8. The number of amides is 1. The van der Waals surface area contributed by atoms with Gasteiger partial charge in [-0.05, 0) is 24.1 Å². The van der Waals surface area contributed by atoms with Crippen LogP contribution in [0.25, 0.3) is 11.3 Å². The van der Waals surface area contributed by atoms with Gasteiger partial charge in [0.05, 0.1) is 12.1 Å². The van der Waals surface area contributed by atoms with Crippen LogP contribution < -0.4 is 9.47 Å². The van der Waals surface area contributed by atoms with Gasteiger partial charge in [0, 0.05) is 30.6 Å². The highest BCUT2D eigenvalue weighted by atomic mass is 16.7. The first kappa shape index (κ1) is 16.9. The molecular weight excluding hydrogens is 356 g/mol. The number of nitrogens with zero attached hydrogens (tertiary/aromatic N) is 2. The number of carbonyl (C=O) groups is 1. The minimum absolute atomic E-state index is 0.0798. The Kier molecular flexibility index (Phi) is 4.24. The van der Waals surface area contributed by atoms with Gasteiger partial charge in [-0.15, -0.1) is 0 Å². The van der Waals surface area contributed by atoms with E-state index in [1.54, 1.807) is 0 Å². The highest BCUT2D eigenvalue weighted by Gasteiger charge is 2.29. The standard InChI is InChI=1S/C22H20N2O4/c25-22(12-18-11-20(28-23-18)15-4-2-1-3-5-15)24-9-8-17(13-24)16-6-7-19-21(10-16)27-14-26-19/h1-7,10-11,17H,8-9,12-14H2. The Bertz CT molecular complexity index is 999. The molecular formula is C22H20N2O4. The molecule has 142 valence electrons. The number of ether oxygens (including phenoxy) is 2. The zero-order valence-electron chi connectivity index (χ0n) is 15.3. The fraction of sp³-hybridized carbons (Fsp3) is 0.273. The summed E-state index contributed by atoms with van der Waals surface area (Å²) in [6.07, 6.45) is 1.20. The molecule has 1 aromatic heterocycles. The molecule has 1 atom stereocenters. The van der Waals surface area contributed by atoms with Crippen molar-refractivity contribution in [1.29, 1.82) is 0 Å². The monoisotopic (exact) mass is 376 g/mol. The molecule has 3 heterocycles. The van der Waals surface area contributed by atoms with E-state index in [1.807, 2.05) is 53.4 Å². The lowest BCUT2D eigenvalue weighted by molar-refractivity contribution is -0.129. The molecule has 2 aromatic carbocycles. The van der Waals surface area contributed by atoms with E-state index in [9.17, 15) is 4.79 Å². The minimum Gasteiger partial charge on any atom is -0.454 e. The fourth-order valence-corrected chi connectivity index (χ4v) is 3.83. The van der Waals surface area contributed by atoms with Crippen molar-refractivity contribution in [1.82, 2.24) is 10.1 Å². The fourth-order valence-electron chi connectivity index (χ4n) is 3.83. The predicted octanol–water partition coefficient (Wildman–Crippen LogP) is 3.63. The predicted molar refractivity (Wildman–Crippen MR) is 102 cm³/mol. The van der Waals surface area contributed by atoms with Gasteiger partial charge >= 0.3 is 0 Å². The van der Waals surface area contributed by atoms with Gasteiger partial charge in [0.2, 0.25) is 12.7 Å². The molecule has 0 radical (unpaired) electrons. The van der Waals surface area contributed by atoms with Crippen molar-refractivity contribution in [2.24, 2.45) is 0 Å². The second-order valence-electron chi connectivity index (χ2n) is 7.16. The molecule has 6 nitrogen and oxygen atoms in total. The number of fused-ring (bicyclic) bond motifs is 1. The lowest BCUT2D eigenvalue weighted by Crippen LogP contribution is -2.29. The second-order valence-corrected chi connectivity index (χ2v) is 7.16. The van der Waals surface area contributed by atoms with Crippen molar-refractivity contribution < 1.29 is 18.8 Å². The summed E-state index contributed by atoms with van der Waals surface area (Å²) in [7, 11) is 0. The van der Waals surface area contributed by atoms with Crippen molar-refractivity contribution in [3.8, 4) is 22.8 Å². The zero-order valence-corrected chi connectivity index (χ0v) is 15.3. The number of benzene rings is 2. The van der Waals surface area contributed by atoms with Crippen LogP contribution in [0, 0.1) is 0 Å². The molecule has 1 amide bonds. The van der Waals surface area contributed by atoms with Gasteiger partial charge in [-0.2, -0.15) is 0 Å². The Morgan fingerprint density at radius 3 is 2.82 bits per heavy atom.